The highest BCUT2D eigenvalue weighted by Gasteiger charge is 2.02. The molecule has 0 aliphatic heterocycles. The van der Waals surface area contributed by atoms with Crippen LogP contribution in [0.2, 0.25) is 0 Å². The molecule has 2 heteroatoms. The Hall–Kier alpha value is -0.340. The predicted molar refractivity (Wildman–Crippen MR) is 58.8 cm³/mol. The summed E-state index contributed by atoms with van der Waals surface area (Å²) in [6.45, 7) is 6.86. The van der Waals surface area contributed by atoms with Crippen molar-refractivity contribution in [1.29, 1.82) is 0 Å². The number of benzene rings is 1. The summed E-state index contributed by atoms with van der Waals surface area (Å²) in [5.41, 5.74) is 2.47. The Bertz CT molecular complexity index is 281. The van der Waals surface area contributed by atoms with Crippen LogP contribution in [0.15, 0.2) is 22.7 Å². The molecule has 0 saturated carbocycles. The van der Waals surface area contributed by atoms with Crippen molar-refractivity contribution >= 4 is 15.9 Å². The van der Waals surface area contributed by atoms with E-state index in [0.717, 1.165) is 4.47 Å². The van der Waals surface area contributed by atoms with Crippen LogP contribution in [-0.4, -0.2) is 6.10 Å². The molecule has 0 unspecified atom stereocenters. The van der Waals surface area contributed by atoms with Gasteiger partial charge in [0.2, 0.25) is 0 Å². The SMILES string of the molecule is Cc1cccc(COC(C)C)c1Br. The van der Waals surface area contributed by atoms with E-state index in [4.69, 9.17) is 4.74 Å². The van der Waals surface area contributed by atoms with Gasteiger partial charge in [0, 0.05) is 4.47 Å². The molecule has 1 aromatic rings. The molecule has 0 saturated heterocycles. The van der Waals surface area contributed by atoms with E-state index in [-0.39, 0.29) is 6.10 Å². The van der Waals surface area contributed by atoms with Crippen molar-refractivity contribution < 1.29 is 4.74 Å². The molecule has 0 heterocycles. The summed E-state index contributed by atoms with van der Waals surface area (Å²) in [7, 11) is 0. The highest BCUT2D eigenvalue weighted by atomic mass is 79.9. The number of aryl methyl sites for hydroxylation is 1. The second-order valence-corrected chi connectivity index (χ2v) is 4.20. The quantitative estimate of drug-likeness (QED) is 0.786. The minimum absolute atomic E-state index is 0.285. The number of hydrogen-bond donors (Lipinski definition) is 0. The van der Waals surface area contributed by atoms with Gasteiger partial charge in [0.25, 0.3) is 0 Å². The Morgan fingerprint density at radius 3 is 2.69 bits per heavy atom. The summed E-state index contributed by atoms with van der Waals surface area (Å²) >= 11 is 3.55. The molecule has 0 aliphatic carbocycles. The van der Waals surface area contributed by atoms with Crippen molar-refractivity contribution in [3.8, 4) is 0 Å². The largest absolute Gasteiger partial charge is 0.374 e. The van der Waals surface area contributed by atoms with Gasteiger partial charge < -0.3 is 4.74 Å². The van der Waals surface area contributed by atoms with Crippen LogP contribution in [0.5, 0.6) is 0 Å². The number of ether oxygens (including phenoxy) is 1. The van der Waals surface area contributed by atoms with E-state index in [1.54, 1.807) is 0 Å². The predicted octanol–water partition coefficient (Wildman–Crippen LogP) is 3.68. The molecule has 13 heavy (non-hydrogen) atoms. The van der Waals surface area contributed by atoms with Gasteiger partial charge in [-0.1, -0.05) is 34.1 Å². The van der Waals surface area contributed by atoms with Gasteiger partial charge in [-0.2, -0.15) is 0 Å². The van der Waals surface area contributed by atoms with Crippen molar-refractivity contribution in [2.24, 2.45) is 0 Å². The summed E-state index contributed by atoms with van der Waals surface area (Å²) in [4.78, 5) is 0. The maximum absolute atomic E-state index is 5.53. The first-order valence-corrected chi connectivity index (χ1v) is 5.26. The molecule has 1 aromatic carbocycles. The molecule has 0 radical (unpaired) electrons. The highest BCUT2D eigenvalue weighted by molar-refractivity contribution is 9.10. The Labute approximate surface area is 88.2 Å². The lowest BCUT2D eigenvalue weighted by Gasteiger charge is -2.10. The molecular weight excluding hydrogens is 228 g/mol. The normalized spacial score (nSPS) is 10.8. The Morgan fingerprint density at radius 2 is 2.08 bits per heavy atom. The van der Waals surface area contributed by atoms with Crippen LogP contribution in [0.4, 0.5) is 0 Å². The van der Waals surface area contributed by atoms with Crippen LogP contribution in [0.1, 0.15) is 25.0 Å². The molecule has 1 rings (SSSR count). The number of halogens is 1. The van der Waals surface area contributed by atoms with E-state index in [2.05, 4.69) is 41.1 Å². The Kier molecular flexibility index (Phi) is 3.94. The topological polar surface area (TPSA) is 9.23 Å². The monoisotopic (exact) mass is 242 g/mol. The fraction of sp³-hybridized carbons (Fsp3) is 0.455. The van der Waals surface area contributed by atoms with E-state index in [0.29, 0.717) is 6.61 Å². The van der Waals surface area contributed by atoms with Crippen molar-refractivity contribution in [3.05, 3.63) is 33.8 Å². The first-order chi connectivity index (χ1) is 6.11. The maximum atomic E-state index is 5.53. The van der Waals surface area contributed by atoms with Gasteiger partial charge in [0.15, 0.2) is 0 Å². The zero-order chi connectivity index (χ0) is 9.84. The molecule has 0 amide bonds. The van der Waals surface area contributed by atoms with Crippen LogP contribution in [0.25, 0.3) is 0 Å². The fourth-order valence-electron chi connectivity index (χ4n) is 1.08. The number of hydrogen-bond acceptors (Lipinski definition) is 1. The van der Waals surface area contributed by atoms with Crippen molar-refractivity contribution in [2.45, 2.75) is 33.5 Å². The summed E-state index contributed by atoms with van der Waals surface area (Å²) in [5, 5.41) is 0. The third kappa shape index (κ3) is 3.12. The van der Waals surface area contributed by atoms with E-state index in [1.807, 2.05) is 13.8 Å². The molecule has 0 fully saturated rings. The minimum atomic E-state index is 0.285. The molecule has 0 bridgehead atoms. The minimum Gasteiger partial charge on any atom is -0.374 e. The van der Waals surface area contributed by atoms with Crippen molar-refractivity contribution in [1.82, 2.24) is 0 Å². The molecule has 0 spiro atoms. The first-order valence-electron chi connectivity index (χ1n) is 4.47. The summed E-state index contributed by atoms with van der Waals surface area (Å²) in [5.74, 6) is 0. The average Bonchev–Trinajstić information content (AvgIpc) is 2.07. The fourth-order valence-corrected chi connectivity index (χ4v) is 1.45. The Morgan fingerprint density at radius 1 is 1.38 bits per heavy atom. The highest BCUT2D eigenvalue weighted by Crippen LogP contribution is 2.21. The van der Waals surface area contributed by atoms with Gasteiger partial charge >= 0.3 is 0 Å². The zero-order valence-electron chi connectivity index (χ0n) is 8.30. The van der Waals surface area contributed by atoms with Gasteiger partial charge in [-0.05, 0) is 31.9 Å². The van der Waals surface area contributed by atoms with E-state index < -0.39 is 0 Å². The smallest absolute Gasteiger partial charge is 0.0731 e. The second-order valence-electron chi connectivity index (χ2n) is 3.41. The van der Waals surface area contributed by atoms with E-state index in [1.165, 1.54) is 11.1 Å². The lowest BCUT2D eigenvalue weighted by molar-refractivity contribution is 0.0653. The summed E-state index contributed by atoms with van der Waals surface area (Å²) < 4.78 is 6.70. The zero-order valence-corrected chi connectivity index (χ0v) is 9.89. The third-order valence-electron chi connectivity index (χ3n) is 1.84. The molecule has 0 aliphatic rings. The van der Waals surface area contributed by atoms with Gasteiger partial charge in [0.1, 0.15) is 0 Å². The van der Waals surface area contributed by atoms with Gasteiger partial charge in [0.05, 0.1) is 12.7 Å². The average molecular weight is 243 g/mol. The van der Waals surface area contributed by atoms with Crippen molar-refractivity contribution in [2.75, 3.05) is 0 Å². The van der Waals surface area contributed by atoms with Crippen LogP contribution in [0, 0.1) is 6.92 Å². The van der Waals surface area contributed by atoms with Gasteiger partial charge in [-0.3, -0.25) is 0 Å². The van der Waals surface area contributed by atoms with Crippen LogP contribution < -0.4 is 0 Å². The number of rotatable bonds is 3. The molecule has 72 valence electrons. The molecule has 0 atom stereocenters. The van der Waals surface area contributed by atoms with Gasteiger partial charge in [-0.25, -0.2) is 0 Å². The van der Waals surface area contributed by atoms with E-state index in [9.17, 15) is 0 Å². The van der Waals surface area contributed by atoms with Gasteiger partial charge in [-0.15, -0.1) is 0 Å². The first kappa shape index (κ1) is 10.7. The lowest BCUT2D eigenvalue weighted by atomic mass is 10.1. The summed E-state index contributed by atoms with van der Waals surface area (Å²) in [6.07, 6.45) is 0.285. The van der Waals surface area contributed by atoms with E-state index >= 15 is 0 Å². The molecule has 1 nitrogen and oxygen atoms in total. The standard InChI is InChI=1S/C11H15BrO/c1-8(2)13-7-10-6-4-5-9(3)11(10)12/h4-6,8H,7H2,1-3H3. The lowest BCUT2D eigenvalue weighted by Crippen LogP contribution is -2.02. The third-order valence-corrected chi connectivity index (χ3v) is 2.98. The molecular formula is C11H15BrO. The molecule has 0 N–H and O–H groups in total. The van der Waals surface area contributed by atoms with Crippen LogP contribution in [-0.2, 0) is 11.3 Å². The van der Waals surface area contributed by atoms with Crippen LogP contribution in [0.3, 0.4) is 0 Å². The van der Waals surface area contributed by atoms with Crippen molar-refractivity contribution in [3.63, 3.8) is 0 Å². The molecule has 0 aromatic heterocycles. The summed E-state index contributed by atoms with van der Waals surface area (Å²) in [6, 6.07) is 6.22. The Balaban J connectivity index is 2.71. The van der Waals surface area contributed by atoms with Crippen LogP contribution >= 0.6 is 15.9 Å². The second kappa shape index (κ2) is 4.77. The maximum Gasteiger partial charge on any atom is 0.0731 e.